The van der Waals surface area contributed by atoms with E-state index in [4.69, 9.17) is 14.2 Å². The summed E-state index contributed by atoms with van der Waals surface area (Å²) >= 11 is 0. The molecule has 2 aromatic rings. The number of aromatic nitrogens is 4. The van der Waals surface area contributed by atoms with Gasteiger partial charge in [0.2, 0.25) is 5.95 Å². The van der Waals surface area contributed by atoms with Crippen molar-refractivity contribution in [2.45, 2.75) is 65.8 Å². The average molecular weight is 506 g/mol. The second kappa shape index (κ2) is 11.3. The highest BCUT2D eigenvalue weighted by Crippen LogP contribution is 2.32. The van der Waals surface area contributed by atoms with Crippen molar-refractivity contribution < 1.29 is 23.8 Å². The molecule has 0 atom stereocenters. The summed E-state index contributed by atoms with van der Waals surface area (Å²) in [4.78, 5) is 53.9. The molecule has 4 rings (SSSR count). The molecule has 0 spiro atoms. The van der Waals surface area contributed by atoms with Crippen molar-refractivity contribution in [3.05, 3.63) is 20.8 Å². The van der Waals surface area contributed by atoms with Gasteiger partial charge < -0.3 is 19.5 Å². The molecular weight excluding hydrogens is 470 g/mol. The molecule has 0 aromatic carbocycles. The van der Waals surface area contributed by atoms with E-state index in [-0.39, 0.29) is 37.1 Å². The van der Waals surface area contributed by atoms with Crippen molar-refractivity contribution in [3.8, 4) is 0 Å². The molecule has 2 saturated carbocycles. The molecule has 2 aromatic heterocycles. The van der Waals surface area contributed by atoms with Crippen molar-refractivity contribution in [2.75, 3.05) is 32.2 Å². The molecule has 1 N–H and O–H groups in total. The number of anilines is 1. The highest BCUT2D eigenvalue weighted by Gasteiger charge is 2.30. The van der Waals surface area contributed by atoms with Gasteiger partial charge in [-0.25, -0.2) is 4.79 Å². The molecule has 0 unspecified atom stereocenters. The molecule has 0 radical (unpaired) electrons. The van der Waals surface area contributed by atoms with Gasteiger partial charge in [-0.1, -0.05) is 0 Å². The zero-order valence-corrected chi connectivity index (χ0v) is 21.2. The van der Waals surface area contributed by atoms with Gasteiger partial charge in [-0.15, -0.1) is 0 Å². The van der Waals surface area contributed by atoms with Crippen LogP contribution in [0.1, 0.15) is 46.0 Å². The van der Waals surface area contributed by atoms with E-state index in [1.165, 1.54) is 25.5 Å². The Morgan fingerprint density at radius 1 is 0.972 bits per heavy atom. The number of fused-ring (bicyclic) bond motifs is 1. The lowest BCUT2D eigenvalue weighted by Crippen LogP contribution is -2.41. The van der Waals surface area contributed by atoms with E-state index in [2.05, 4.69) is 10.3 Å². The molecule has 2 fully saturated rings. The van der Waals surface area contributed by atoms with E-state index >= 15 is 0 Å². The number of ether oxygens (including phenoxy) is 3. The monoisotopic (exact) mass is 505 g/mol. The minimum atomic E-state index is -0.409. The average Bonchev–Trinajstić information content (AvgIpc) is 3.76. The predicted octanol–water partition coefficient (Wildman–Crippen LogP) is 1.33. The Kier molecular flexibility index (Phi) is 8.12. The standard InChI is InChI=1S/C24H35N5O7/c1-15(30)35-12-19(13-36-16(2)31)8-9-25-23-26-21-20(29(23)14-34-3)22(32)28(11-18-6-7-18)24(33)27(21)10-17-4-5-17/h17-19H,4-14H2,1-3H3,(H,25,26). The Labute approximate surface area is 208 Å². The van der Waals surface area contributed by atoms with E-state index in [0.717, 1.165) is 25.7 Å². The van der Waals surface area contributed by atoms with Crippen molar-refractivity contribution >= 4 is 29.1 Å². The summed E-state index contributed by atoms with van der Waals surface area (Å²) in [5.41, 5.74) is 0.0494. The first-order chi connectivity index (χ1) is 17.3. The topological polar surface area (TPSA) is 136 Å². The lowest BCUT2D eigenvalue weighted by molar-refractivity contribution is -0.146. The fourth-order valence-electron chi connectivity index (χ4n) is 4.20. The van der Waals surface area contributed by atoms with Crippen molar-refractivity contribution in [1.82, 2.24) is 18.7 Å². The van der Waals surface area contributed by atoms with Gasteiger partial charge in [-0.2, -0.15) is 4.98 Å². The molecule has 36 heavy (non-hydrogen) atoms. The van der Waals surface area contributed by atoms with Gasteiger partial charge in [0.25, 0.3) is 5.56 Å². The number of hydrogen-bond acceptors (Lipinski definition) is 9. The Morgan fingerprint density at radius 2 is 1.56 bits per heavy atom. The van der Waals surface area contributed by atoms with Gasteiger partial charge in [-0.05, 0) is 43.9 Å². The van der Waals surface area contributed by atoms with Gasteiger partial charge in [0, 0.05) is 46.5 Å². The third-order valence-electron chi connectivity index (χ3n) is 6.53. The molecule has 12 heteroatoms. The highest BCUT2D eigenvalue weighted by atomic mass is 16.5. The van der Waals surface area contributed by atoms with Crippen molar-refractivity contribution in [1.29, 1.82) is 0 Å². The van der Waals surface area contributed by atoms with E-state index in [1.807, 2.05) is 0 Å². The predicted molar refractivity (Wildman–Crippen MR) is 131 cm³/mol. The first-order valence-corrected chi connectivity index (χ1v) is 12.5. The van der Waals surface area contributed by atoms with E-state index in [9.17, 15) is 19.2 Å². The molecule has 0 amide bonds. The summed E-state index contributed by atoms with van der Waals surface area (Å²) in [6, 6.07) is 0. The number of rotatable bonds is 14. The summed E-state index contributed by atoms with van der Waals surface area (Å²) in [6.07, 6.45) is 4.69. The van der Waals surface area contributed by atoms with Crippen molar-refractivity contribution in [2.24, 2.45) is 17.8 Å². The minimum Gasteiger partial charge on any atom is -0.465 e. The van der Waals surface area contributed by atoms with Crippen LogP contribution in [0, 0.1) is 17.8 Å². The maximum atomic E-state index is 13.5. The lowest BCUT2D eigenvalue weighted by Gasteiger charge is -2.17. The Bertz CT molecular complexity index is 1200. The minimum absolute atomic E-state index is 0.0868. The molecule has 2 heterocycles. The van der Waals surface area contributed by atoms with Crippen LogP contribution in [0.25, 0.3) is 11.2 Å². The fraction of sp³-hybridized carbons (Fsp3) is 0.708. The van der Waals surface area contributed by atoms with Gasteiger partial charge in [0.15, 0.2) is 11.2 Å². The van der Waals surface area contributed by atoms with Crippen LogP contribution in [0.4, 0.5) is 5.95 Å². The van der Waals surface area contributed by atoms with Crippen LogP contribution >= 0.6 is 0 Å². The van der Waals surface area contributed by atoms with Gasteiger partial charge >= 0.3 is 17.6 Å². The quantitative estimate of drug-likeness (QED) is 0.377. The zero-order valence-electron chi connectivity index (χ0n) is 21.2. The SMILES string of the molecule is COCn1c(NCCC(COC(C)=O)COC(C)=O)nc2c1c(=O)n(CC1CC1)c(=O)n2CC1CC1. The third-order valence-corrected chi connectivity index (χ3v) is 6.53. The summed E-state index contributed by atoms with van der Waals surface area (Å²) in [7, 11) is 1.53. The Balaban J connectivity index is 1.61. The van der Waals surface area contributed by atoms with Crippen LogP contribution in [-0.2, 0) is 43.6 Å². The number of methoxy groups -OCH3 is 1. The van der Waals surface area contributed by atoms with Crippen LogP contribution < -0.4 is 16.6 Å². The largest absolute Gasteiger partial charge is 0.465 e. The van der Waals surface area contributed by atoms with Gasteiger partial charge in [-0.3, -0.25) is 28.1 Å². The molecule has 2 aliphatic rings. The first-order valence-electron chi connectivity index (χ1n) is 12.5. The molecule has 0 saturated heterocycles. The summed E-state index contributed by atoms with van der Waals surface area (Å²) in [6.45, 7) is 4.34. The summed E-state index contributed by atoms with van der Waals surface area (Å²) in [5.74, 6) is 0.169. The number of imidazole rings is 1. The van der Waals surface area contributed by atoms with E-state index in [0.29, 0.717) is 55.0 Å². The Morgan fingerprint density at radius 3 is 2.08 bits per heavy atom. The highest BCUT2D eigenvalue weighted by molar-refractivity contribution is 5.74. The van der Waals surface area contributed by atoms with Crippen LogP contribution in [0.2, 0.25) is 0 Å². The van der Waals surface area contributed by atoms with Gasteiger partial charge in [0.05, 0.1) is 13.2 Å². The second-order valence-electron chi connectivity index (χ2n) is 9.84. The number of nitrogens with one attached hydrogen (secondary N) is 1. The number of hydrogen-bond donors (Lipinski definition) is 1. The smallest absolute Gasteiger partial charge is 0.332 e. The number of nitrogens with zero attached hydrogens (tertiary/aromatic N) is 4. The Hall–Kier alpha value is -3.15. The molecule has 198 valence electrons. The van der Waals surface area contributed by atoms with Crippen LogP contribution in [-0.4, -0.2) is 57.5 Å². The number of carbonyl (C=O) groups is 2. The van der Waals surface area contributed by atoms with Crippen LogP contribution in [0.5, 0.6) is 0 Å². The third kappa shape index (κ3) is 6.34. The summed E-state index contributed by atoms with van der Waals surface area (Å²) < 4.78 is 20.2. The van der Waals surface area contributed by atoms with Crippen LogP contribution in [0.15, 0.2) is 9.59 Å². The molecular formula is C24H35N5O7. The molecule has 0 bridgehead atoms. The first kappa shape index (κ1) is 25.9. The maximum Gasteiger partial charge on any atom is 0.332 e. The van der Waals surface area contributed by atoms with E-state index < -0.39 is 11.9 Å². The molecule has 12 nitrogen and oxygen atoms in total. The van der Waals surface area contributed by atoms with Crippen LogP contribution in [0.3, 0.4) is 0 Å². The van der Waals surface area contributed by atoms with Crippen molar-refractivity contribution in [3.63, 3.8) is 0 Å². The van der Waals surface area contributed by atoms with E-state index in [1.54, 1.807) is 9.13 Å². The fourth-order valence-corrected chi connectivity index (χ4v) is 4.20. The molecule has 2 aliphatic carbocycles. The number of carbonyl (C=O) groups excluding carboxylic acids is 2. The second-order valence-corrected chi connectivity index (χ2v) is 9.84. The normalized spacial score (nSPS) is 15.4. The summed E-state index contributed by atoms with van der Waals surface area (Å²) in [5, 5.41) is 3.24. The van der Waals surface area contributed by atoms with Gasteiger partial charge in [0.1, 0.15) is 6.73 Å². The maximum absolute atomic E-state index is 13.5. The zero-order chi connectivity index (χ0) is 25.8. The number of esters is 2. The lowest BCUT2D eigenvalue weighted by atomic mass is 10.1. The molecule has 0 aliphatic heterocycles.